The fourth-order valence-corrected chi connectivity index (χ4v) is 4.41. The Bertz CT molecular complexity index is 1250. The summed E-state index contributed by atoms with van der Waals surface area (Å²) in [6, 6.07) is -4.56. The highest BCUT2D eigenvalue weighted by Crippen LogP contribution is 2.19. The largest absolute Gasteiger partial charge is 0.481 e. The predicted octanol–water partition coefficient (Wildman–Crippen LogP) is -4.53. The van der Waals surface area contributed by atoms with Gasteiger partial charge in [0.1, 0.15) is 18.1 Å². The number of nitrogens with zero attached hydrogens (tertiary/aromatic N) is 2. The van der Waals surface area contributed by atoms with Crippen LogP contribution in [0.3, 0.4) is 0 Å². The van der Waals surface area contributed by atoms with Crippen LogP contribution in [0, 0.1) is 0 Å². The average Bonchev–Trinajstić information content (AvgIpc) is 3.71. The van der Waals surface area contributed by atoms with Gasteiger partial charge in [-0.05, 0) is 19.3 Å². The number of hydrogen-bond acceptors (Lipinski definition) is 11. The minimum atomic E-state index is -1.47. The summed E-state index contributed by atoms with van der Waals surface area (Å²) in [6.45, 7) is -1.42. The van der Waals surface area contributed by atoms with E-state index >= 15 is 0 Å². The molecule has 6 amide bonds. The first-order chi connectivity index (χ1) is 21.3. The SMILES string of the molecule is N[C@@H](CS)C(=O)NCC(=O)NCC(=O)N[C@@H](Cc1cnc[nH]1)C(=O)N1CCC[C@H]1C(=O)NCC(=O)N[C@@H](CCC(=O)O)C(=O)O. The molecule has 10 N–H and O–H groups in total. The Labute approximate surface area is 262 Å². The molecule has 1 fully saturated rings. The highest BCUT2D eigenvalue weighted by Gasteiger charge is 2.38. The van der Waals surface area contributed by atoms with Gasteiger partial charge in [-0.2, -0.15) is 12.6 Å². The topological polar surface area (TPSA) is 295 Å². The molecular weight excluding hydrogens is 618 g/mol. The molecule has 20 heteroatoms. The molecule has 0 saturated carbocycles. The van der Waals surface area contributed by atoms with Crippen LogP contribution in [0.4, 0.5) is 0 Å². The molecule has 45 heavy (non-hydrogen) atoms. The molecule has 1 saturated heterocycles. The molecule has 2 rings (SSSR count). The van der Waals surface area contributed by atoms with Crippen molar-refractivity contribution in [2.24, 2.45) is 5.73 Å². The highest BCUT2D eigenvalue weighted by atomic mass is 32.1. The van der Waals surface area contributed by atoms with Crippen LogP contribution in [0.1, 0.15) is 31.4 Å². The number of aromatic nitrogens is 2. The Morgan fingerprint density at radius 3 is 2.22 bits per heavy atom. The maximum Gasteiger partial charge on any atom is 0.326 e. The molecule has 0 unspecified atom stereocenters. The number of carbonyl (C=O) groups excluding carboxylic acids is 6. The summed E-state index contributed by atoms with van der Waals surface area (Å²) in [4.78, 5) is 105. The first kappa shape index (κ1) is 36.5. The number of amides is 6. The molecule has 2 heterocycles. The second-order valence-electron chi connectivity index (χ2n) is 9.98. The van der Waals surface area contributed by atoms with Crippen molar-refractivity contribution in [2.75, 3.05) is 31.9 Å². The van der Waals surface area contributed by atoms with Crippen LogP contribution in [-0.2, 0) is 44.8 Å². The van der Waals surface area contributed by atoms with Gasteiger partial charge in [-0.1, -0.05) is 0 Å². The van der Waals surface area contributed by atoms with Crippen molar-refractivity contribution in [3.8, 4) is 0 Å². The van der Waals surface area contributed by atoms with Crippen molar-refractivity contribution in [3.05, 3.63) is 18.2 Å². The van der Waals surface area contributed by atoms with E-state index in [1.165, 1.54) is 17.4 Å². The van der Waals surface area contributed by atoms with Gasteiger partial charge < -0.3 is 52.4 Å². The quantitative estimate of drug-likeness (QED) is 0.0669. The van der Waals surface area contributed by atoms with Crippen LogP contribution >= 0.6 is 12.6 Å². The third-order valence-electron chi connectivity index (χ3n) is 6.56. The molecule has 1 aromatic rings. The number of aromatic amines is 1. The molecule has 0 aliphatic carbocycles. The zero-order valence-electron chi connectivity index (χ0n) is 24.1. The lowest BCUT2D eigenvalue weighted by molar-refractivity contribution is -0.143. The first-order valence-corrected chi connectivity index (χ1v) is 14.4. The second kappa shape index (κ2) is 18.2. The lowest BCUT2D eigenvalue weighted by atomic mass is 10.1. The van der Waals surface area contributed by atoms with Gasteiger partial charge in [0.25, 0.3) is 0 Å². The van der Waals surface area contributed by atoms with E-state index in [4.69, 9.17) is 10.8 Å². The van der Waals surface area contributed by atoms with E-state index in [1.807, 2.05) is 0 Å². The Morgan fingerprint density at radius 1 is 0.978 bits per heavy atom. The lowest BCUT2D eigenvalue weighted by Crippen LogP contribution is -2.56. The summed E-state index contributed by atoms with van der Waals surface area (Å²) in [5.74, 6) is -6.78. The smallest absolute Gasteiger partial charge is 0.326 e. The van der Waals surface area contributed by atoms with Crippen LogP contribution in [-0.4, -0.2) is 129 Å². The number of carbonyl (C=O) groups is 8. The summed E-state index contributed by atoms with van der Waals surface area (Å²) in [5.41, 5.74) is 6.01. The lowest BCUT2D eigenvalue weighted by Gasteiger charge is -2.28. The number of aliphatic carboxylic acids is 2. The summed E-state index contributed by atoms with van der Waals surface area (Å²) in [7, 11) is 0. The molecular formula is C25H37N9O10S. The minimum absolute atomic E-state index is 0.0314. The Morgan fingerprint density at radius 2 is 1.62 bits per heavy atom. The average molecular weight is 656 g/mol. The normalized spacial score (nSPS) is 16.0. The number of carboxylic acids is 2. The Hall–Kier alpha value is -4.72. The zero-order chi connectivity index (χ0) is 33.5. The monoisotopic (exact) mass is 655 g/mol. The van der Waals surface area contributed by atoms with Gasteiger partial charge in [-0.25, -0.2) is 9.78 Å². The number of thiol groups is 1. The van der Waals surface area contributed by atoms with E-state index < -0.39 is 97.6 Å². The molecule has 4 atom stereocenters. The summed E-state index contributed by atoms with van der Waals surface area (Å²) >= 11 is 3.90. The predicted molar refractivity (Wildman–Crippen MR) is 156 cm³/mol. The van der Waals surface area contributed by atoms with Crippen molar-refractivity contribution in [1.29, 1.82) is 0 Å². The van der Waals surface area contributed by atoms with E-state index in [2.05, 4.69) is 49.2 Å². The Balaban J connectivity index is 1.98. The van der Waals surface area contributed by atoms with Crippen molar-refractivity contribution >= 4 is 60.0 Å². The summed E-state index contributed by atoms with van der Waals surface area (Å²) < 4.78 is 0. The van der Waals surface area contributed by atoms with Crippen LogP contribution in [0.15, 0.2) is 12.5 Å². The van der Waals surface area contributed by atoms with Gasteiger partial charge in [0, 0.05) is 37.0 Å². The van der Waals surface area contributed by atoms with Gasteiger partial charge in [0.15, 0.2) is 0 Å². The van der Waals surface area contributed by atoms with Crippen molar-refractivity contribution in [1.82, 2.24) is 41.5 Å². The Kier molecular flexibility index (Phi) is 14.7. The van der Waals surface area contributed by atoms with Crippen LogP contribution in [0.2, 0.25) is 0 Å². The number of carboxylic acid groups (broad SMARTS) is 2. The fourth-order valence-electron chi connectivity index (χ4n) is 4.24. The molecule has 0 aromatic carbocycles. The number of likely N-dealkylation sites (tertiary alicyclic amines) is 1. The summed E-state index contributed by atoms with van der Waals surface area (Å²) in [5, 5.41) is 29.6. The molecule has 0 radical (unpaired) electrons. The van der Waals surface area contributed by atoms with Gasteiger partial charge in [-0.15, -0.1) is 0 Å². The number of nitrogens with two attached hydrogens (primary N) is 1. The number of imidazole rings is 1. The van der Waals surface area contributed by atoms with E-state index in [0.29, 0.717) is 12.1 Å². The molecule has 0 spiro atoms. The molecule has 0 bridgehead atoms. The molecule has 248 valence electrons. The first-order valence-electron chi connectivity index (χ1n) is 13.8. The minimum Gasteiger partial charge on any atom is -0.481 e. The number of nitrogens with one attached hydrogen (secondary N) is 6. The molecule has 1 aromatic heterocycles. The molecule has 1 aliphatic heterocycles. The van der Waals surface area contributed by atoms with Gasteiger partial charge in [-0.3, -0.25) is 33.6 Å². The van der Waals surface area contributed by atoms with Gasteiger partial charge in [0.2, 0.25) is 35.4 Å². The van der Waals surface area contributed by atoms with Crippen LogP contribution in [0.5, 0.6) is 0 Å². The standard InChI is InChI=1S/C25H37N9O10S/c26-14(11-45)22(40)29-8-18(35)28-9-19(36)33-16(6-13-7-27-12-31-13)24(42)34-5-1-2-17(34)23(41)30-10-20(37)32-15(25(43)44)3-4-21(38)39/h7,12,14-17,45H,1-6,8-11,26H2,(H,27,31)(H,28,35)(H,29,40)(H,30,41)(H,32,37)(H,33,36)(H,38,39)(H,43,44)/t14-,15-,16-,17-/m0/s1. The van der Waals surface area contributed by atoms with Gasteiger partial charge in [0.05, 0.1) is 32.0 Å². The maximum atomic E-state index is 13.6. The van der Waals surface area contributed by atoms with Crippen LogP contribution < -0.4 is 32.3 Å². The fraction of sp³-hybridized carbons (Fsp3) is 0.560. The number of H-pyrrole nitrogens is 1. The maximum absolute atomic E-state index is 13.6. The zero-order valence-corrected chi connectivity index (χ0v) is 25.0. The molecule has 1 aliphatic rings. The van der Waals surface area contributed by atoms with Crippen molar-refractivity contribution < 1.29 is 48.6 Å². The van der Waals surface area contributed by atoms with Crippen LogP contribution in [0.25, 0.3) is 0 Å². The third-order valence-corrected chi connectivity index (χ3v) is 6.95. The number of rotatable bonds is 18. The third kappa shape index (κ3) is 12.4. The van der Waals surface area contributed by atoms with Crippen molar-refractivity contribution in [2.45, 2.75) is 56.3 Å². The van der Waals surface area contributed by atoms with E-state index in [1.54, 1.807) is 0 Å². The van der Waals surface area contributed by atoms with E-state index in [-0.39, 0.29) is 31.6 Å². The molecule has 19 nitrogen and oxygen atoms in total. The highest BCUT2D eigenvalue weighted by molar-refractivity contribution is 7.80. The summed E-state index contributed by atoms with van der Waals surface area (Å²) in [6.07, 6.45) is 2.63. The van der Waals surface area contributed by atoms with Gasteiger partial charge >= 0.3 is 11.9 Å². The van der Waals surface area contributed by atoms with E-state index in [9.17, 15) is 43.5 Å². The second-order valence-corrected chi connectivity index (χ2v) is 10.3. The number of hydrogen-bond donors (Lipinski definition) is 10. The van der Waals surface area contributed by atoms with E-state index in [0.717, 1.165) is 0 Å². The van der Waals surface area contributed by atoms with Crippen molar-refractivity contribution in [3.63, 3.8) is 0 Å².